The van der Waals surface area contributed by atoms with Crippen LogP contribution in [0, 0.1) is 6.92 Å². The zero-order valence-electron chi connectivity index (χ0n) is 20.9. The van der Waals surface area contributed by atoms with Gasteiger partial charge in [-0.2, -0.15) is 0 Å². The number of aliphatic imine (C=N–C) groups is 1. The van der Waals surface area contributed by atoms with E-state index in [1.807, 2.05) is 19.1 Å². The van der Waals surface area contributed by atoms with Gasteiger partial charge < -0.3 is 19.7 Å². The number of hydrogen-bond acceptors (Lipinski definition) is 6. The highest BCUT2D eigenvalue weighted by molar-refractivity contribution is 6.49. The number of carbonyl (C=O) groups is 2. The number of halogens is 1. The van der Waals surface area contributed by atoms with Crippen molar-refractivity contribution in [1.82, 2.24) is 5.32 Å². The fourth-order valence-electron chi connectivity index (χ4n) is 3.73. The van der Waals surface area contributed by atoms with Crippen molar-refractivity contribution in [2.24, 2.45) is 4.99 Å². The summed E-state index contributed by atoms with van der Waals surface area (Å²) in [6.07, 6.45) is 1.55. The SMILES string of the molecule is CCN(CC)c1ccc(/N=C2\C=C(NC(=O)c3cc(OC)cc(OC)c3)C(=O)C(Cl)=C2C)c(C)c1. The lowest BCUT2D eigenvalue weighted by Gasteiger charge is -2.22. The van der Waals surface area contributed by atoms with Crippen LogP contribution in [-0.4, -0.2) is 44.7 Å². The molecule has 1 amide bonds. The third kappa shape index (κ3) is 5.74. The van der Waals surface area contributed by atoms with Gasteiger partial charge in [0.1, 0.15) is 11.5 Å². The van der Waals surface area contributed by atoms with Crippen LogP contribution in [0.1, 0.15) is 36.7 Å². The molecule has 0 atom stereocenters. The molecule has 8 heteroatoms. The zero-order chi connectivity index (χ0) is 25.7. The van der Waals surface area contributed by atoms with Gasteiger partial charge in [0, 0.05) is 30.4 Å². The number of benzene rings is 2. The third-order valence-electron chi connectivity index (χ3n) is 5.85. The Kier molecular flexibility index (Phi) is 8.35. The molecule has 0 heterocycles. The Morgan fingerprint density at radius 3 is 2.20 bits per heavy atom. The molecule has 3 rings (SSSR count). The molecule has 184 valence electrons. The number of anilines is 1. The summed E-state index contributed by atoms with van der Waals surface area (Å²) in [4.78, 5) is 32.8. The maximum atomic E-state index is 12.9. The van der Waals surface area contributed by atoms with E-state index < -0.39 is 11.7 Å². The number of allylic oxidation sites excluding steroid dienone is 3. The summed E-state index contributed by atoms with van der Waals surface area (Å²) in [6, 6.07) is 10.8. The highest BCUT2D eigenvalue weighted by atomic mass is 35.5. The summed E-state index contributed by atoms with van der Waals surface area (Å²) >= 11 is 6.35. The molecule has 0 bridgehead atoms. The minimum Gasteiger partial charge on any atom is -0.497 e. The zero-order valence-corrected chi connectivity index (χ0v) is 21.6. The number of ketones is 1. The van der Waals surface area contributed by atoms with E-state index in [1.54, 1.807) is 31.2 Å². The summed E-state index contributed by atoms with van der Waals surface area (Å²) in [6.45, 7) is 9.78. The molecule has 2 aromatic rings. The minimum atomic E-state index is -0.495. The quantitative estimate of drug-likeness (QED) is 0.500. The molecular weight excluding hydrogens is 466 g/mol. The fourth-order valence-corrected chi connectivity index (χ4v) is 3.93. The second kappa shape index (κ2) is 11.2. The first-order valence-corrected chi connectivity index (χ1v) is 11.7. The molecule has 2 aromatic carbocycles. The Bertz CT molecular complexity index is 1220. The maximum Gasteiger partial charge on any atom is 0.256 e. The van der Waals surface area contributed by atoms with E-state index in [2.05, 4.69) is 30.1 Å². The number of nitrogens with zero attached hydrogens (tertiary/aromatic N) is 2. The van der Waals surface area contributed by atoms with E-state index in [-0.39, 0.29) is 16.3 Å². The van der Waals surface area contributed by atoms with Crippen molar-refractivity contribution in [1.29, 1.82) is 0 Å². The van der Waals surface area contributed by atoms with Gasteiger partial charge in [0.2, 0.25) is 5.78 Å². The number of rotatable bonds is 8. The van der Waals surface area contributed by atoms with Crippen LogP contribution in [0.3, 0.4) is 0 Å². The van der Waals surface area contributed by atoms with Gasteiger partial charge in [-0.3, -0.25) is 9.59 Å². The lowest BCUT2D eigenvalue weighted by atomic mass is 10.0. The van der Waals surface area contributed by atoms with E-state index in [0.29, 0.717) is 22.8 Å². The molecule has 35 heavy (non-hydrogen) atoms. The van der Waals surface area contributed by atoms with E-state index in [4.69, 9.17) is 26.1 Å². The molecule has 0 saturated carbocycles. The Labute approximate surface area is 211 Å². The number of Topliss-reactive ketones (excluding diaryl/α,β-unsaturated/α-hetero) is 1. The normalized spacial score (nSPS) is 14.7. The second-order valence-corrected chi connectivity index (χ2v) is 8.40. The summed E-state index contributed by atoms with van der Waals surface area (Å²) in [5.41, 5.74) is 4.25. The van der Waals surface area contributed by atoms with Gasteiger partial charge in [-0.05, 0) is 75.2 Å². The lowest BCUT2D eigenvalue weighted by Crippen LogP contribution is -2.31. The van der Waals surface area contributed by atoms with E-state index in [0.717, 1.165) is 30.0 Å². The molecule has 0 saturated heterocycles. The Morgan fingerprint density at radius 1 is 1.03 bits per heavy atom. The van der Waals surface area contributed by atoms with Crippen LogP contribution in [0.4, 0.5) is 11.4 Å². The van der Waals surface area contributed by atoms with Gasteiger partial charge in [0.15, 0.2) is 0 Å². The van der Waals surface area contributed by atoms with Crippen LogP contribution in [0.25, 0.3) is 0 Å². The average molecular weight is 496 g/mol. The number of nitrogens with one attached hydrogen (secondary N) is 1. The summed E-state index contributed by atoms with van der Waals surface area (Å²) in [7, 11) is 2.99. The minimum absolute atomic E-state index is 0.0159. The first kappa shape index (κ1) is 26.0. The Hall–Kier alpha value is -3.58. The summed E-state index contributed by atoms with van der Waals surface area (Å²) in [5, 5.41) is 2.68. The van der Waals surface area contributed by atoms with Crippen molar-refractivity contribution in [3.8, 4) is 11.5 Å². The Morgan fingerprint density at radius 2 is 1.66 bits per heavy atom. The van der Waals surface area contributed by atoms with Crippen molar-refractivity contribution in [3.05, 3.63) is 69.9 Å². The topological polar surface area (TPSA) is 80.2 Å². The Balaban J connectivity index is 1.95. The lowest BCUT2D eigenvalue weighted by molar-refractivity contribution is -0.112. The van der Waals surface area contributed by atoms with Gasteiger partial charge in [-0.25, -0.2) is 4.99 Å². The molecule has 1 aliphatic rings. The molecule has 0 unspecified atom stereocenters. The van der Waals surface area contributed by atoms with Gasteiger partial charge >= 0.3 is 0 Å². The van der Waals surface area contributed by atoms with Crippen molar-refractivity contribution < 1.29 is 19.1 Å². The van der Waals surface area contributed by atoms with Gasteiger partial charge in [-0.15, -0.1) is 0 Å². The number of hydrogen-bond donors (Lipinski definition) is 1. The second-order valence-electron chi connectivity index (χ2n) is 8.02. The van der Waals surface area contributed by atoms with Crippen molar-refractivity contribution in [3.63, 3.8) is 0 Å². The number of carbonyl (C=O) groups excluding carboxylic acids is 2. The van der Waals surface area contributed by atoms with Crippen molar-refractivity contribution in [2.45, 2.75) is 27.7 Å². The predicted molar refractivity (Wildman–Crippen MR) is 140 cm³/mol. The monoisotopic (exact) mass is 495 g/mol. The predicted octanol–water partition coefficient (Wildman–Crippen LogP) is 5.34. The van der Waals surface area contributed by atoms with Crippen LogP contribution in [0.15, 0.2) is 63.8 Å². The first-order chi connectivity index (χ1) is 16.7. The van der Waals surface area contributed by atoms with Crippen LogP contribution in [-0.2, 0) is 4.79 Å². The molecule has 0 fully saturated rings. The average Bonchev–Trinajstić information content (AvgIpc) is 2.87. The van der Waals surface area contributed by atoms with Gasteiger partial charge in [0.05, 0.1) is 36.3 Å². The van der Waals surface area contributed by atoms with Gasteiger partial charge in [0.25, 0.3) is 5.91 Å². The van der Waals surface area contributed by atoms with Crippen LogP contribution < -0.4 is 19.7 Å². The van der Waals surface area contributed by atoms with Crippen molar-refractivity contribution in [2.75, 3.05) is 32.2 Å². The van der Waals surface area contributed by atoms with E-state index in [9.17, 15) is 9.59 Å². The molecule has 0 aliphatic heterocycles. The van der Waals surface area contributed by atoms with E-state index in [1.165, 1.54) is 14.2 Å². The molecule has 1 N–H and O–H groups in total. The maximum absolute atomic E-state index is 12.9. The van der Waals surface area contributed by atoms with E-state index >= 15 is 0 Å². The molecule has 1 aliphatic carbocycles. The fraction of sp³-hybridized carbons (Fsp3) is 0.296. The standard InChI is InChI=1S/C27H30ClN3O4/c1-7-31(8-2)19-9-10-22(16(3)11-19)29-23-15-24(26(32)25(28)17(23)4)30-27(33)18-12-20(34-5)14-21(13-18)35-6/h9-15H,7-8H2,1-6H3,(H,30,33)/b29-23+. The molecule has 0 aromatic heterocycles. The molecule has 0 spiro atoms. The highest BCUT2D eigenvalue weighted by Crippen LogP contribution is 2.29. The number of aryl methyl sites for hydroxylation is 1. The number of ether oxygens (including phenoxy) is 2. The first-order valence-electron chi connectivity index (χ1n) is 11.3. The smallest absolute Gasteiger partial charge is 0.256 e. The van der Waals surface area contributed by atoms with Gasteiger partial charge in [-0.1, -0.05) is 11.6 Å². The molecular formula is C27H30ClN3O4. The summed E-state index contributed by atoms with van der Waals surface area (Å²) in [5.74, 6) is -0.0546. The van der Waals surface area contributed by atoms with Crippen LogP contribution in [0.5, 0.6) is 11.5 Å². The number of methoxy groups -OCH3 is 2. The molecule has 0 radical (unpaired) electrons. The highest BCUT2D eigenvalue weighted by Gasteiger charge is 2.26. The van der Waals surface area contributed by atoms with Crippen LogP contribution in [0.2, 0.25) is 0 Å². The summed E-state index contributed by atoms with van der Waals surface area (Å²) < 4.78 is 10.5. The largest absolute Gasteiger partial charge is 0.497 e. The van der Waals surface area contributed by atoms with Crippen molar-refractivity contribution >= 4 is 40.4 Å². The third-order valence-corrected chi connectivity index (χ3v) is 6.31. The number of amides is 1. The molecule has 7 nitrogen and oxygen atoms in total. The van der Waals surface area contributed by atoms with Crippen LogP contribution >= 0.6 is 11.6 Å².